The highest BCUT2D eigenvalue weighted by atomic mass is 35.5. The van der Waals surface area contributed by atoms with E-state index in [1.54, 1.807) is 25.1 Å². The maximum absolute atomic E-state index is 11.6. The van der Waals surface area contributed by atoms with Crippen molar-refractivity contribution in [3.8, 4) is 0 Å². The van der Waals surface area contributed by atoms with Gasteiger partial charge in [-0.1, -0.05) is 47.5 Å². The van der Waals surface area contributed by atoms with E-state index in [-0.39, 0.29) is 0 Å². The van der Waals surface area contributed by atoms with Gasteiger partial charge >= 0.3 is 5.97 Å². The lowest BCUT2D eigenvalue weighted by Gasteiger charge is -2.11. The van der Waals surface area contributed by atoms with Crippen molar-refractivity contribution < 1.29 is 9.90 Å². The summed E-state index contributed by atoms with van der Waals surface area (Å²) in [5.41, 5.74) is 2.64. The van der Waals surface area contributed by atoms with Crippen molar-refractivity contribution in [1.29, 1.82) is 0 Å². The molecule has 0 aliphatic carbocycles. The maximum Gasteiger partial charge on any atom is 0.338 e. The molecule has 0 aliphatic heterocycles. The molecule has 0 saturated heterocycles. The minimum absolute atomic E-state index is 0.318. The summed E-state index contributed by atoms with van der Waals surface area (Å²) in [7, 11) is 0. The van der Waals surface area contributed by atoms with Crippen molar-refractivity contribution in [3.63, 3.8) is 0 Å². The first kappa shape index (κ1) is 14.9. The Labute approximate surface area is 137 Å². The second-order valence-corrected chi connectivity index (χ2v) is 5.88. The van der Waals surface area contributed by atoms with Gasteiger partial charge in [0.2, 0.25) is 0 Å². The normalized spacial score (nSPS) is 11.0. The predicted octanol–water partition coefficient (Wildman–Crippen LogP) is 5.00. The number of rotatable bonds is 3. The van der Waals surface area contributed by atoms with E-state index in [0.29, 0.717) is 27.8 Å². The Morgan fingerprint density at radius 3 is 2.36 bits per heavy atom. The average Bonchev–Trinajstić information content (AvgIpc) is 2.75. The summed E-state index contributed by atoms with van der Waals surface area (Å²) in [6, 6.07) is 12.8. The molecule has 3 nitrogen and oxygen atoms in total. The van der Waals surface area contributed by atoms with Crippen LogP contribution in [-0.4, -0.2) is 15.6 Å². The molecule has 0 amide bonds. The van der Waals surface area contributed by atoms with Crippen LogP contribution in [-0.2, 0) is 6.54 Å². The number of aromatic nitrogens is 1. The number of hydrogen-bond donors (Lipinski definition) is 1. The van der Waals surface area contributed by atoms with Crippen molar-refractivity contribution in [2.45, 2.75) is 13.5 Å². The molecule has 3 aromatic rings. The fourth-order valence-corrected chi connectivity index (χ4v) is 3.26. The molecule has 0 unspecified atom stereocenters. The maximum atomic E-state index is 11.6. The minimum atomic E-state index is -0.933. The zero-order valence-corrected chi connectivity index (χ0v) is 13.3. The van der Waals surface area contributed by atoms with Crippen LogP contribution >= 0.6 is 23.2 Å². The lowest BCUT2D eigenvalue weighted by molar-refractivity contribution is 0.0698. The zero-order chi connectivity index (χ0) is 15.9. The SMILES string of the molecule is Cc1c(C(=O)O)c2ccccc2n1Cc1c(Cl)cccc1Cl. The van der Waals surface area contributed by atoms with Crippen LogP contribution in [0.1, 0.15) is 21.6 Å². The first-order valence-corrected chi connectivity index (χ1v) is 7.50. The molecule has 2 aromatic carbocycles. The molecule has 0 saturated carbocycles. The van der Waals surface area contributed by atoms with Crippen molar-refractivity contribution in [2.24, 2.45) is 0 Å². The van der Waals surface area contributed by atoms with Gasteiger partial charge in [0.05, 0.1) is 12.1 Å². The van der Waals surface area contributed by atoms with Gasteiger partial charge in [0.25, 0.3) is 0 Å². The Hall–Kier alpha value is -1.97. The Morgan fingerprint density at radius 1 is 1.09 bits per heavy atom. The molecule has 1 N–H and O–H groups in total. The second kappa shape index (κ2) is 5.67. The number of carboxylic acid groups (broad SMARTS) is 1. The number of carboxylic acids is 1. The van der Waals surface area contributed by atoms with Crippen molar-refractivity contribution in [2.75, 3.05) is 0 Å². The fraction of sp³-hybridized carbons (Fsp3) is 0.118. The Kier molecular flexibility index (Phi) is 3.85. The van der Waals surface area contributed by atoms with E-state index in [0.717, 1.165) is 16.5 Å². The highest BCUT2D eigenvalue weighted by Crippen LogP contribution is 2.30. The smallest absolute Gasteiger partial charge is 0.338 e. The van der Waals surface area contributed by atoms with Gasteiger partial charge in [-0.2, -0.15) is 0 Å². The molecule has 0 bridgehead atoms. The van der Waals surface area contributed by atoms with Crippen molar-refractivity contribution in [1.82, 2.24) is 4.57 Å². The van der Waals surface area contributed by atoms with E-state index in [1.807, 2.05) is 28.8 Å². The van der Waals surface area contributed by atoms with Crippen molar-refractivity contribution in [3.05, 3.63) is 69.3 Å². The van der Waals surface area contributed by atoms with Crippen LogP contribution in [0.2, 0.25) is 10.0 Å². The molecule has 112 valence electrons. The summed E-state index contributed by atoms with van der Waals surface area (Å²) in [6.45, 7) is 2.23. The van der Waals surface area contributed by atoms with Crippen LogP contribution in [0.3, 0.4) is 0 Å². The molecule has 0 radical (unpaired) electrons. The topological polar surface area (TPSA) is 42.2 Å². The van der Waals surface area contributed by atoms with Gasteiger partial charge in [0.1, 0.15) is 0 Å². The highest BCUT2D eigenvalue weighted by Gasteiger charge is 2.20. The number of carbonyl (C=O) groups is 1. The lowest BCUT2D eigenvalue weighted by Crippen LogP contribution is -2.05. The molecular weight excluding hydrogens is 321 g/mol. The van der Waals surface area contributed by atoms with Gasteiger partial charge in [0.15, 0.2) is 0 Å². The molecule has 22 heavy (non-hydrogen) atoms. The number of fused-ring (bicyclic) bond motifs is 1. The molecule has 0 fully saturated rings. The number of halogens is 2. The van der Waals surface area contributed by atoms with Crippen LogP contribution < -0.4 is 0 Å². The number of nitrogens with zero attached hydrogens (tertiary/aromatic N) is 1. The van der Waals surface area contributed by atoms with Gasteiger partial charge in [-0.15, -0.1) is 0 Å². The summed E-state index contributed by atoms with van der Waals surface area (Å²) >= 11 is 12.5. The number of para-hydroxylation sites is 1. The minimum Gasteiger partial charge on any atom is -0.478 e. The lowest BCUT2D eigenvalue weighted by atomic mass is 10.1. The second-order valence-electron chi connectivity index (χ2n) is 5.07. The van der Waals surface area contributed by atoms with Gasteiger partial charge in [-0.05, 0) is 25.1 Å². The third kappa shape index (κ3) is 2.36. The summed E-state index contributed by atoms with van der Waals surface area (Å²) in [4.78, 5) is 11.6. The Bertz CT molecular complexity index is 863. The monoisotopic (exact) mass is 333 g/mol. The quantitative estimate of drug-likeness (QED) is 0.732. The first-order chi connectivity index (χ1) is 10.5. The fourth-order valence-electron chi connectivity index (χ4n) is 2.75. The molecule has 0 atom stereocenters. The number of hydrogen-bond acceptors (Lipinski definition) is 1. The van der Waals surface area contributed by atoms with E-state index in [1.165, 1.54) is 0 Å². The van der Waals surface area contributed by atoms with E-state index in [9.17, 15) is 9.90 Å². The van der Waals surface area contributed by atoms with Gasteiger partial charge in [-0.3, -0.25) is 0 Å². The summed E-state index contributed by atoms with van der Waals surface area (Å²) < 4.78 is 1.94. The number of benzene rings is 2. The van der Waals surface area contributed by atoms with Crippen LogP contribution in [0.15, 0.2) is 42.5 Å². The third-order valence-corrected chi connectivity index (χ3v) is 4.53. The largest absolute Gasteiger partial charge is 0.478 e. The van der Waals surface area contributed by atoms with Crippen LogP contribution in [0.4, 0.5) is 0 Å². The Morgan fingerprint density at radius 2 is 1.73 bits per heavy atom. The average molecular weight is 334 g/mol. The first-order valence-electron chi connectivity index (χ1n) is 6.74. The zero-order valence-electron chi connectivity index (χ0n) is 11.8. The van der Waals surface area contributed by atoms with Gasteiger partial charge in [-0.25, -0.2) is 4.79 Å². The molecule has 0 aliphatic rings. The van der Waals surface area contributed by atoms with Gasteiger partial charge < -0.3 is 9.67 Å². The molecular formula is C17H13Cl2NO2. The predicted molar refractivity (Wildman–Crippen MR) is 89.2 cm³/mol. The van der Waals surface area contributed by atoms with E-state index in [4.69, 9.17) is 23.2 Å². The van der Waals surface area contributed by atoms with Gasteiger partial charge in [0, 0.05) is 32.2 Å². The van der Waals surface area contributed by atoms with E-state index >= 15 is 0 Å². The Balaban J connectivity index is 2.24. The van der Waals surface area contributed by atoms with Crippen LogP contribution in [0.25, 0.3) is 10.9 Å². The van der Waals surface area contributed by atoms with Crippen LogP contribution in [0.5, 0.6) is 0 Å². The molecule has 0 spiro atoms. The molecule has 1 aromatic heterocycles. The summed E-state index contributed by atoms with van der Waals surface area (Å²) in [5, 5.41) is 11.3. The summed E-state index contributed by atoms with van der Waals surface area (Å²) in [6.07, 6.45) is 0. The standard InChI is InChI=1S/C17H13Cl2NO2/c1-10-16(17(21)22)11-5-2-3-8-15(11)20(10)9-12-13(18)6-4-7-14(12)19/h2-8H,9H2,1H3,(H,21,22). The number of aromatic carboxylic acids is 1. The summed E-state index contributed by atoms with van der Waals surface area (Å²) in [5.74, 6) is -0.933. The van der Waals surface area contributed by atoms with E-state index in [2.05, 4.69) is 0 Å². The molecule has 5 heteroatoms. The highest BCUT2D eigenvalue weighted by molar-refractivity contribution is 6.36. The van der Waals surface area contributed by atoms with Crippen LogP contribution in [0, 0.1) is 6.92 Å². The molecule has 3 rings (SSSR count). The van der Waals surface area contributed by atoms with Crippen molar-refractivity contribution >= 4 is 40.1 Å². The van der Waals surface area contributed by atoms with E-state index < -0.39 is 5.97 Å². The third-order valence-electron chi connectivity index (χ3n) is 3.82. The molecule has 1 heterocycles.